The molecular weight excluding hydrogens is 236 g/mol. The van der Waals surface area contributed by atoms with Crippen molar-refractivity contribution < 1.29 is 4.74 Å². The van der Waals surface area contributed by atoms with Crippen LogP contribution in [-0.2, 0) is 0 Å². The van der Waals surface area contributed by atoms with E-state index in [1.807, 2.05) is 0 Å². The van der Waals surface area contributed by atoms with Crippen LogP contribution >= 0.6 is 0 Å². The molecule has 1 spiro atoms. The molecule has 0 bridgehead atoms. The van der Waals surface area contributed by atoms with E-state index in [0.717, 1.165) is 31.7 Å². The van der Waals surface area contributed by atoms with Crippen molar-refractivity contribution in [3.05, 3.63) is 29.3 Å². The van der Waals surface area contributed by atoms with Crippen LogP contribution in [0, 0.1) is 6.92 Å². The highest BCUT2D eigenvalue weighted by molar-refractivity contribution is 5.45. The van der Waals surface area contributed by atoms with Crippen molar-refractivity contribution in [3.63, 3.8) is 0 Å². The van der Waals surface area contributed by atoms with Crippen molar-refractivity contribution in [2.24, 2.45) is 5.73 Å². The first-order valence-corrected chi connectivity index (χ1v) is 7.31. The number of benzene rings is 1. The molecule has 2 aliphatic rings. The molecular formula is C16H24N2O. The molecule has 2 N–H and O–H groups in total. The zero-order valence-electron chi connectivity index (χ0n) is 12.1. The van der Waals surface area contributed by atoms with Crippen LogP contribution in [-0.4, -0.2) is 29.6 Å². The standard InChI is InChI=1S/C16H24N2O/c1-11(2)18-8-6-16(7-9-18)15(17)13-10-12(3)4-5-14(13)19-16/h4-5,10-11,15H,6-9,17H2,1-3H3/t15-/m1/s1. The minimum atomic E-state index is -0.165. The molecule has 0 aliphatic carbocycles. The van der Waals surface area contributed by atoms with Crippen molar-refractivity contribution in [1.29, 1.82) is 0 Å². The van der Waals surface area contributed by atoms with Gasteiger partial charge in [-0.05, 0) is 26.8 Å². The Labute approximate surface area is 115 Å². The first-order chi connectivity index (χ1) is 9.02. The van der Waals surface area contributed by atoms with Crippen molar-refractivity contribution in [1.82, 2.24) is 4.90 Å². The van der Waals surface area contributed by atoms with E-state index in [1.165, 1.54) is 11.1 Å². The summed E-state index contributed by atoms with van der Waals surface area (Å²) in [5, 5.41) is 0. The van der Waals surface area contributed by atoms with Gasteiger partial charge in [0.1, 0.15) is 11.4 Å². The van der Waals surface area contributed by atoms with Crippen molar-refractivity contribution in [2.75, 3.05) is 13.1 Å². The number of likely N-dealkylation sites (tertiary alicyclic amines) is 1. The molecule has 3 rings (SSSR count). The van der Waals surface area contributed by atoms with E-state index in [4.69, 9.17) is 10.5 Å². The van der Waals surface area contributed by atoms with Gasteiger partial charge in [0, 0.05) is 37.5 Å². The van der Waals surface area contributed by atoms with Gasteiger partial charge in [0.2, 0.25) is 0 Å². The van der Waals surface area contributed by atoms with Crippen LogP contribution in [0.5, 0.6) is 5.75 Å². The normalized spacial score (nSPS) is 25.6. The first-order valence-electron chi connectivity index (χ1n) is 7.31. The molecule has 104 valence electrons. The maximum atomic E-state index is 6.50. The van der Waals surface area contributed by atoms with Crippen molar-refractivity contribution >= 4 is 0 Å². The number of hydrogen-bond acceptors (Lipinski definition) is 3. The topological polar surface area (TPSA) is 38.5 Å². The largest absolute Gasteiger partial charge is 0.485 e. The van der Waals surface area contributed by atoms with Gasteiger partial charge in [-0.15, -0.1) is 0 Å². The Hall–Kier alpha value is -1.06. The molecule has 2 aliphatic heterocycles. The lowest BCUT2D eigenvalue weighted by Crippen LogP contribution is -2.52. The Morgan fingerprint density at radius 2 is 2.00 bits per heavy atom. The Morgan fingerprint density at radius 1 is 1.32 bits per heavy atom. The predicted molar refractivity (Wildman–Crippen MR) is 77.4 cm³/mol. The van der Waals surface area contributed by atoms with Crippen molar-refractivity contribution in [3.8, 4) is 5.75 Å². The Bertz CT molecular complexity index is 476. The quantitative estimate of drug-likeness (QED) is 0.843. The second-order valence-electron chi connectivity index (χ2n) is 6.32. The van der Waals surface area contributed by atoms with E-state index >= 15 is 0 Å². The van der Waals surface area contributed by atoms with Gasteiger partial charge in [-0.1, -0.05) is 17.7 Å². The van der Waals surface area contributed by atoms with Gasteiger partial charge >= 0.3 is 0 Å². The van der Waals surface area contributed by atoms with Gasteiger partial charge in [-0.25, -0.2) is 0 Å². The number of rotatable bonds is 1. The van der Waals surface area contributed by atoms with Crippen LogP contribution < -0.4 is 10.5 Å². The number of fused-ring (bicyclic) bond motifs is 1. The van der Waals surface area contributed by atoms with E-state index in [-0.39, 0.29) is 11.6 Å². The molecule has 0 amide bonds. The summed E-state index contributed by atoms with van der Waals surface area (Å²) in [7, 11) is 0. The summed E-state index contributed by atoms with van der Waals surface area (Å²) in [6.45, 7) is 8.78. The molecule has 1 saturated heterocycles. The molecule has 1 aromatic carbocycles. The summed E-state index contributed by atoms with van der Waals surface area (Å²) < 4.78 is 6.28. The number of hydrogen-bond donors (Lipinski definition) is 1. The smallest absolute Gasteiger partial charge is 0.131 e. The predicted octanol–water partition coefficient (Wildman–Crippen LogP) is 2.63. The second-order valence-corrected chi connectivity index (χ2v) is 6.32. The molecule has 0 aromatic heterocycles. The zero-order chi connectivity index (χ0) is 13.6. The average Bonchev–Trinajstić information content (AvgIpc) is 2.64. The number of nitrogens with zero attached hydrogens (tertiary/aromatic N) is 1. The third-order valence-electron chi connectivity index (χ3n) is 4.76. The minimum absolute atomic E-state index is 0.0247. The third kappa shape index (κ3) is 2.05. The zero-order valence-corrected chi connectivity index (χ0v) is 12.1. The van der Waals surface area contributed by atoms with Crippen LogP contribution in [0.3, 0.4) is 0 Å². The Morgan fingerprint density at radius 3 is 2.63 bits per heavy atom. The summed E-state index contributed by atoms with van der Waals surface area (Å²) in [5.41, 5.74) is 8.79. The van der Waals surface area contributed by atoms with E-state index in [2.05, 4.69) is 43.9 Å². The third-order valence-corrected chi connectivity index (χ3v) is 4.76. The minimum Gasteiger partial charge on any atom is -0.485 e. The summed E-state index contributed by atoms with van der Waals surface area (Å²) in [6.07, 6.45) is 2.06. The summed E-state index contributed by atoms with van der Waals surface area (Å²) in [6, 6.07) is 7.00. The fourth-order valence-corrected chi connectivity index (χ4v) is 3.40. The Balaban J connectivity index is 1.82. The van der Waals surface area contributed by atoms with Crippen LogP contribution in [0.25, 0.3) is 0 Å². The lowest BCUT2D eigenvalue weighted by molar-refractivity contribution is -0.00690. The van der Waals surface area contributed by atoms with Crippen LogP contribution in [0.1, 0.15) is 43.9 Å². The lowest BCUT2D eigenvalue weighted by atomic mass is 9.82. The molecule has 19 heavy (non-hydrogen) atoms. The maximum absolute atomic E-state index is 6.50. The molecule has 1 fully saturated rings. The monoisotopic (exact) mass is 260 g/mol. The molecule has 0 saturated carbocycles. The van der Waals surface area contributed by atoms with E-state index in [9.17, 15) is 0 Å². The van der Waals surface area contributed by atoms with E-state index in [0.29, 0.717) is 6.04 Å². The highest BCUT2D eigenvalue weighted by Crippen LogP contribution is 2.47. The highest BCUT2D eigenvalue weighted by atomic mass is 16.5. The Kier molecular flexibility index (Phi) is 3.06. The van der Waals surface area contributed by atoms with Crippen LogP contribution in [0.15, 0.2) is 18.2 Å². The van der Waals surface area contributed by atoms with Gasteiger partial charge in [0.25, 0.3) is 0 Å². The van der Waals surface area contributed by atoms with Crippen LogP contribution in [0.4, 0.5) is 0 Å². The van der Waals surface area contributed by atoms with Gasteiger partial charge < -0.3 is 15.4 Å². The molecule has 2 heterocycles. The van der Waals surface area contributed by atoms with Gasteiger partial charge in [0.15, 0.2) is 0 Å². The SMILES string of the molecule is Cc1ccc2c(c1)[C@@H](N)C1(CCN(C(C)C)CC1)O2. The highest BCUT2D eigenvalue weighted by Gasteiger charge is 2.48. The van der Waals surface area contributed by atoms with Crippen molar-refractivity contribution in [2.45, 2.75) is 51.3 Å². The summed E-state index contributed by atoms with van der Waals surface area (Å²) in [4.78, 5) is 2.51. The van der Waals surface area contributed by atoms with Crippen LogP contribution in [0.2, 0.25) is 0 Å². The van der Waals surface area contributed by atoms with E-state index < -0.39 is 0 Å². The number of ether oxygens (including phenoxy) is 1. The molecule has 3 heteroatoms. The fourth-order valence-electron chi connectivity index (χ4n) is 3.40. The first kappa shape index (κ1) is 12.9. The molecule has 0 unspecified atom stereocenters. The molecule has 1 aromatic rings. The maximum Gasteiger partial charge on any atom is 0.131 e. The van der Waals surface area contributed by atoms with E-state index in [1.54, 1.807) is 0 Å². The second kappa shape index (κ2) is 4.50. The molecule has 0 radical (unpaired) electrons. The summed E-state index contributed by atoms with van der Waals surface area (Å²) >= 11 is 0. The van der Waals surface area contributed by atoms with Gasteiger partial charge in [0.05, 0.1) is 6.04 Å². The number of aryl methyl sites for hydroxylation is 1. The number of nitrogens with two attached hydrogens (primary N) is 1. The lowest BCUT2D eigenvalue weighted by Gasteiger charge is -2.42. The number of piperidine rings is 1. The fraction of sp³-hybridized carbons (Fsp3) is 0.625. The van der Waals surface area contributed by atoms with Gasteiger partial charge in [-0.3, -0.25) is 0 Å². The molecule has 3 nitrogen and oxygen atoms in total. The average molecular weight is 260 g/mol. The van der Waals surface area contributed by atoms with Gasteiger partial charge in [-0.2, -0.15) is 0 Å². The molecule has 1 atom stereocenters. The summed E-state index contributed by atoms with van der Waals surface area (Å²) in [5.74, 6) is 0.996.